The van der Waals surface area contributed by atoms with Crippen LogP contribution in [0.5, 0.6) is 0 Å². The molecule has 0 radical (unpaired) electrons. The van der Waals surface area contributed by atoms with Crippen LogP contribution in [-0.2, 0) is 6.54 Å². The second-order valence-corrected chi connectivity index (χ2v) is 6.83. The summed E-state index contributed by atoms with van der Waals surface area (Å²) in [5.74, 6) is -0.0607. The molecular weight excluding hydrogens is 350 g/mol. The van der Waals surface area contributed by atoms with Crippen LogP contribution in [0.3, 0.4) is 0 Å². The van der Waals surface area contributed by atoms with E-state index >= 15 is 0 Å². The van der Waals surface area contributed by atoms with Crippen LogP contribution in [0.4, 0.5) is 4.79 Å². The van der Waals surface area contributed by atoms with Crippen LogP contribution < -0.4 is 10.6 Å². The van der Waals surface area contributed by atoms with E-state index in [-0.39, 0.29) is 18.0 Å². The Morgan fingerprint density at radius 3 is 2.46 bits per heavy atom. The Bertz CT molecular complexity index is 759. The fourth-order valence-electron chi connectivity index (χ4n) is 3.02. The smallest absolute Gasteiger partial charge is 0.317 e. The Balaban J connectivity index is 1.43. The summed E-state index contributed by atoms with van der Waals surface area (Å²) in [5, 5.41) is 6.62. The van der Waals surface area contributed by atoms with Crippen LogP contribution >= 0.6 is 11.6 Å². The standard InChI is InChI=1S/C20H22ClN3O2/c21-17-8-4-5-15(13-17)14-22-20(26)24-11-9-18(10-12-24)23-19(25)16-6-2-1-3-7-16/h1-8,13,18H,9-12,14H2,(H,22,26)(H,23,25). The van der Waals surface area contributed by atoms with Gasteiger partial charge in [-0.1, -0.05) is 41.9 Å². The fourth-order valence-corrected chi connectivity index (χ4v) is 3.23. The molecule has 0 unspecified atom stereocenters. The van der Waals surface area contributed by atoms with Gasteiger partial charge in [0.05, 0.1) is 0 Å². The number of piperidine rings is 1. The first-order valence-corrected chi connectivity index (χ1v) is 9.13. The van der Waals surface area contributed by atoms with Crippen LogP contribution in [-0.4, -0.2) is 36.0 Å². The van der Waals surface area contributed by atoms with Crippen molar-refractivity contribution in [3.8, 4) is 0 Å². The van der Waals surface area contributed by atoms with E-state index in [4.69, 9.17) is 11.6 Å². The van der Waals surface area contributed by atoms with Gasteiger partial charge in [-0.3, -0.25) is 4.79 Å². The van der Waals surface area contributed by atoms with Crippen molar-refractivity contribution >= 4 is 23.5 Å². The Morgan fingerprint density at radius 2 is 1.77 bits per heavy atom. The van der Waals surface area contributed by atoms with Gasteiger partial charge in [0.1, 0.15) is 0 Å². The van der Waals surface area contributed by atoms with Crippen molar-refractivity contribution in [3.63, 3.8) is 0 Å². The largest absolute Gasteiger partial charge is 0.349 e. The van der Waals surface area contributed by atoms with Gasteiger partial charge in [-0.05, 0) is 42.7 Å². The van der Waals surface area contributed by atoms with Crippen LogP contribution in [0.25, 0.3) is 0 Å². The summed E-state index contributed by atoms with van der Waals surface area (Å²) in [6.07, 6.45) is 1.51. The van der Waals surface area contributed by atoms with Gasteiger partial charge in [-0.2, -0.15) is 0 Å². The molecule has 2 aromatic carbocycles. The molecular formula is C20H22ClN3O2. The zero-order chi connectivity index (χ0) is 18.4. The van der Waals surface area contributed by atoms with E-state index in [1.807, 2.05) is 36.4 Å². The molecule has 0 aliphatic carbocycles. The Morgan fingerprint density at radius 1 is 1.04 bits per heavy atom. The molecule has 1 fully saturated rings. The molecule has 3 rings (SSSR count). The number of likely N-dealkylation sites (tertiary alicyclic amines) is 1. The Labute approximate surface area is 158 Å². The van der Waals surface area contributed by atoms with E-state index in [9.17, 15) is 9.59 Å². The number of halogens is 1. The molecule has 1 saturated heterocycles. The monoisotopic (exact) mass is 371 g/mol. The maximum absolute atomic E-state index is 12.3. The molecule has 6 heteroatoms. The topological polar surface area (TPSA) is 61.4 Å². The number of carbonyl (C=O) groups is 2. The zero-order valence-corrected chi connectivity index (χ0v) is 15.2. The van der Waals surface area contributed by atoms with E-state index in [0.717, 1.165) is 18.4 Å². The highest BCUT2D eigenvalue weighted by Gasteiger charge is 2.24. The van der Waals surface area contributed by atoms with E-state index in [2.05, 4.69) is 10.6 Å². The summed E-state index contributed by atoms with van der Waals surface area (Å²) in [4.78, 5) is 26.3. The average molecular weight is 372 g/mol. The molecule has 0 spiro atoms. The zero-order valence-electron chi connectivity index (χ0n) is 14.5. The third-order valence-corrected chi connectivity index (χ3v) is 4.72. The third kappa shape index (κ3) is 4.99. The second-order valence-electron chi connectivity index (χ2n) is 6.39. The van der Waals surface area contributed by atoms with Gasteiger partial charge in [-0.15, -0.1) is 0 Å². The molecule has 26 heavy (non-hydrogen) atoms. The van der Waals surface area contributed by atoms with E-state index in [1.165, 1.54) is 0 Å². The lowest BCUT2D eigenvalue weighted by Gasteiger charge is -2.32. The van der Waals surface area contributed by atoms with Crippen LogP contribution in [0.2, 0.25) is 5.02 Å². The minimum absolute atomic E-state index is 0.0607. The summed E-state index contributed by atoms with van der Waals surface area (Å²) in [6.45, 7) is 1.70. The maximum atomic E-state index is 12.3. The lowest BCUT2D eigenvalue weighted by Crippen LogP contribution is -2.49. The Hall–Kier alpha value is -2.53. The molecule has 1 aliphatic heterocycles. The minimum atomic E-state index is -0.0854. The summed E-state index contributed by atoms with van der Waals surface area (Å²) < 4.78 is 0. The van der Waals surface area contributed by atoms with Crippen molar-refractivity contribution in [1.82, 2.24) is 15.5 Å². The number of hydrogen-bond donors (Lipinski definition) is 2. The molecule has 1 aliphatic rings. The van der Waals surface area contributed by atoms with Crippen LogP contribution in [0.15, 0.2) is 54.6 Å². The van der Waals surface area contributed by atoms with Gasteiger partial charge in [0.2, 0.25) is 0 Å². The molecule has 3 amide bonds. The fraction of sp³-hybridized carbons (Fsp3) is 0.300. The molecule has 2 aromatic rings. The maximum Gasteiger partial charge on any atom is 0.317 e. The van der Waals surface area contributed by atoms with Crippen molar-refractivity contribution in [2.45, 2.75) is 25.4 Å². The van der Waals surface area contributed by atoms with Gasteiger partial charge >= 0.3 is 6.03 Å². The third-order valence-electron chi connectivity index (χ3n) is 4.49. The average Bonchev–Trinajstić information content (AvgIpc) is 2.67. The van der Waals surface area contributed by atoms with Crippen molar-refractivity contribution in [2.75, 3.05) is 13.1 Å². The first-order chi connectivity index (χ1) is 12.6. The predicted molar refractivity (Wildman–Crippen MR) is 102 cm³/mol. The summed E-state index contributed by atoms with van der Waals surface area (Å²) in [6, 6.07) is 16.6. The first-order valence-electron chi connectivity index (χ1n) is 8.75. The molecule has 2 N–H and O–H groups in total. The SMILES string of the molecule is O=C(NC1CCN(C(=O)NCc2cccc(Cl)c2)CC1)c1ccccc1. The summed E-state index contributed by atoms with van der Waals surface area (Å²) >= 11 is 5.95. The van der Waals surface area contributed by atoms with E-state index in [0.29, 0.717) is 30.2 Å². The number of urea groups is 1. The molecule has 5 nitrogen and oxygen atoms in total. The van der Waals surface area contributed by atoms with Gasteiger partial charge in [0.15, 0.2) is 0 Å². The Kier molecular flexibility index (Phi) is 6.12. The summed E-state index contributed by atoms with van der Waals surface area (Å²) in [5.41, 5.74) is 1.63. The highest BCUT2D eigenvalue weighted by atomic mass is 35.5. The number of carbonyl (C=O) groups excluding carboxylic acids is 2. The number of nitrogens with zero attached hydrogens (tertiary/aromatic N) is 1. The number of hydrogen-bond acceptors (Lipinski definition) is 2. The molecule has 0 aromatic heterocycles. The molecule has 0 atom stereocenters. The van der Waals surface area contributed by atoms with Crippen LogP contribution in [0, 0.1) is 0 Å². The lowest BCUT2D eigenvalue weighted by atomic mass is 10.0. The van der Waals surface area contributed by atoms with Gasteiger partial charge in [-0.25, -0.2) is 4.79 Å². The van der Waals surface area contributed by atoms with Crippen molar-refractivity contribution in [2.24, 2.45) is 0 Å². The quantitative estimate of drug-likeness (QED) is 0.864. The lowest BCUT2D eigenvalue weighted by molar-refractivity contribution is 0.0918. The molecule has 1 heterocycles. The second kappa shape index (κ2) is 8.72. The van der Waals surface area contributed by atoms with Crippen molar-refractivity contribution in [3.05, 3.63) is 70.7 Å². The predicted octanol–water partition coefficient (Wildman–Crippen LogP) is 3.44. The van der Waals surface area contributed by atoms with E-state index < -0.39 is 0 Å². The van der Waals surface area contributed by atoms with Gasteiger partial charge < -0.3 is 15.5 Å². The normalized spacial score (nSPS) is 14.7. The van der Waals surface area contributed by atoms with E-state index in [1.54, 1.807) is 23.1 Å². The minimum Gasteiger partial charge on any atom is -0.349 e. The number of nitrogens with one attached hydrogen (secondary N) is 2. The van der Waals surface area contributed by atoms with Crippen molar-refractivity contribution < 1.29 is 9.59 Å². The van der Waals surface area contributed by atoms with Gasteiger partial charge in [0, 0.05) is 36.3 Å². The highest BCUT2D eigenvalue weighted by Crippen LogP contribution is 2.13. The van der Waals surface area contributed by atoms with Crippen molar-refractivity contribution in [1.29, 1.82) is 0 Å². The van der Waals surface area contributed by atoms with Crippen LogP contribution in [0.1, 0.15) is 28.8 Å². The molecule has 136 valence electrons. The molecule has 0 saturated carbocycles. The number of rotatable bonds is 4. The summed E-state index contributed by atoms with van der Waals surface area (Å²) in [7, 11) is 0. The molecule has 0 bridgehead atoms. The number of amides is 3. The number of benzene rings is 2. The van der Waals surface area contributed by atoms with Gasteiger partial charge in [0.25, 0.3) is 5.91 Å². The highest BCUT2D eigenvalue weighted by molar-refractivity contribution is 6.30. The first kappa shape index (κ1) is 18.3.